The Balaban J connectivity index is 2.41. The van der Waals surface area contributed by atoms with E-state index in [1.165, 1.54) is 12.8 Å². The third kappa shape index (κ3) is 2.73. The fraction of sp³-hybridized carbons (Fsp3) is 0.917. The van der Waals surface area contributed by atoms with Crippen LogP contribution in [0.25, 0.3) is 0 Å². The smallest absolute Gasteiger partial charge is 0.217 e. The van der Waals surface area contributed by atoms with Crippen molar-refractivity contribution in [2.24, 2.45) is 11.3 Å². The number of carbonyl (C=O) groups is 1. The number of amides is 1. The minimum atomic E-state index is 0.114. The maximum atomic E-state index is 10.9. The van der Waals surface area contributed by atoms with Gasteiger partial charge in [-0.3, -0.25) is 4.79 Å². The molecule has 0 unspecified atom stereocenters. The van der Waals surface area contributed by atoms with Gasteiger partial charge in [0.05, 0.1) is 0 Å². The van der Waals surface area contributed by atoms with Crippen LogP contribution in [-0.2, 0) is 4.79 Å². The molecule has 0 atom stereocenters. The molecule has 1 N–H and O–H groups in total. The van der Waals surface area contributed by atoms with E-state index in [1.54, 1.807) is 6.92 Å². The van der Waals surface area contributed by atoms with Crippen molar-refractivity contribution >= 4 is 5.91 Å². The molecular formula is C12H23NO. The lowest BCUT2D eigenvalue weighted by Gasteiger charge is -2.40. The fourth-order valence-corrected chi connectivity index (χ4v) is 2.29. The minimum Gasteiger partial charge on any atom is -0.354 e. The Hall–Kier alpha value is -0.530. The first-order valence-corrected chi connectivity index (χ1v) is 5.71. The Kier molecular flexibility index (Phi) is 3.57. The molecule has 0 aromatic heterocycles. The average Bonchev–Trinajstić information content (AvgIpc) is 2.08. The lowest BCUT2D eigenvalue weighted by Crippen LogP contribution is -2.40. The summed E-state index contributed by atoms with van der Waals surface area (Å²) in [6, 6.07) is 0.430. The van der Waals surface area contributed by atoms with Gasteiger partial charge in [0.2, 0.25) is 5.91 Å². The average molecular weight is 197 g/mol. The molecule has 0 aromatic rings. The summed E-state index contributed by atoms with van der Waals surface area (Å²) in [6.45, 7) is 8.59. The van der Waals surface area contributed by atoms with Crippen LogP contribution in [0, 0.1) is 11.3 Å². The monoisotopic (exact) mass is 197 g/mol. The molecule has 1 fully saturated rings. The Labute approximate surface area is 87.5 Å². The van der Waals surface area contributed by atoms with Crippen LogP contribution in [0.15, 0.2) is 0 Å². The van der Waals surface area contributed by atoms with Crippen molar-refractivity contribution in [1.82, 2.24) is 5.32 Å². The van der Waals surface area contributed by atoms with Crippen LogP contribution >= 0.6 is 0 Å². The maximum Gasteiger partial charge on any atom is 0.217 e. The van der Waals surface area contributed by atoms with Crippen LogP contribution in [0.4, 0.5) is 0 Å². The van der Waals surface area contributed by atoms with E-state index >= 15 is 0 Å². The summed E-state index contributed by atoms with van der Waals surface area (Å²) in [4.78, 5) is 10.9. The first kappa shape index (κ1) is 11.5. The second kappa shape index (κ2) is 4.33. The van der Waals surface area contributed by atoms with Gasteiger partial charge < -0.3 is 5.32 Å². The number of rotatable bonds is 2. The summed E-state index contributed by atoms with van der Waals surface area (Å²) >= 11 is 0. The number of carbonyl (C=O) groups excluding carboxylic acids is 1. The van der Waals surface area contributed by atoms with Crippen LogP contribution in [0.3, 0.4) is 0 Å². The molecule has 1 saturated carbocycles. The lowest BCUT2D eigenvalue weighted by molar-refractivity contribution is -0.120. The van der Waals surface area contributed by atoms with Gasteiger partial charge in [0, 0.05) is 13.0 Å². The Morgan fingerprint density at radius 2 is 1.86 bits per heavy atom. The predicted molar refractivity (Wildman–Crippen MR) is 59.0 cm³/mol. The van der Waals surface area contributed by atoms with Crippen molar-refractivity contribution in [1.29, 1.82) is 0 Å². The van der Waals surface area contributed by atoms with E-state index in [9.17, 15) is 4.79 Å². The maximum absolute atomic E-state index is 10.9. The molecule has 2 heteroatoms. The standard InChI is InChI=1S/C12H23NO/c1-9(2)12(4)7-5-11(6-8-12)13-10(3)14/h9,11H,5-8H2,1-4H3,(H,13,14). The van der Waals surface area contributed by atoms with Crippen LogP contribution in [0.5, 0.6) is 0 Å². The molecule has 1 aliphatic carbocycles. The highest BCUT2D eigenvalue weighted by Crippen LogP contribution is 2.41. The largest absolute Gasteiger partial charge is 0.354 e. The number of hydrogen-bond acceptors (Lipinski definition) is 1. The second-order valence-corrected chi connectivity index (χ2v) is 5.28. The van der Waals surface area contributed by atoms with Crippen LogP contribution in [-0.4, -0.2) is 11.9 Å². The van der Waals surface area contributed by atoms with Crippen molar-refractivity contribution in [2.45, 2.75) is 59.4 Å². The van der Waals surface area contributed by atoms with Crippen molar-refractivity contribution in [3.8, 4) is 0 Å². The van der Waals surface area contributed by atoms with E-state index in [0.29, 0.717) is 11.5 Å². The Bertz CT molecular complexity index is 202. The highest BCUT2D eigenvalue weighted by Gasteiger charge is 2.33. The van der Waals surface area contributed by atoms with Gasteiger partial charge in [0.1, 0.15) is 0 Å². The highest BCUT2D eigenvalue weighted by atomic mass is 16.1. The molecular weight excluding hydrogens is 174 g/mol. The van der Waals surface area contributed by atoms with E-state index in [2.05, 4.69) is 26.1 Å². The van der Waals surface area contributed by atoms with Gasteiger partial charge in [-0.15, -0.1) is 0 Å². The summed E-state index contributed by atoms with van der Waals surface area (Å²) < 4.78 is 0. The minimum absolute atomic E-state index is 0.114. The van der Waals surface area contributed by atoms with E-state index in [1.807, 2.05) is 0 Å². The van der Waals surface area contributed by atoms with Crippen LogP contribution in [0.2, 0.25) is 0 Å². The molecule has 0 aliphatic heterocycles. The summed E-state index contributed by atoms with van der Waals surface area (Å²) in [5.41, 5.74) is 0.495. The van der Waals surface area contributed by atoms with Gasteiger partial charge in [-0.25, -0.2) is 0 Å². The summed E-state index contributed by atoms with van der Waals surface area (Å²) in [5, 5.41) is 3.02. The van der Waals surface area contributed by atoms with E-state index < -0.39 is 0 Å². The van der Waals surface area contributed by atoms with Crippen molar-refractivity contribution in [3.63, 3.8) is 0 Å². The van der Waals surface area contributed by atoms with Gasteiger partial charge in [-0.05, 0) is 37.0 Å². The zero-order valence-corrected chi connectivity index (χ0v) is 9.89. The Morgan fingerprint density at radius 3 is 2.21 bits per heavy atom. The fourth-order valence-electron chi connectivity index (χ4n) is 2.29. The summed E-state index contributed by atoms with van der Waals surface area (Å²) in [6.07, 6.45) is 4.79. The van der Waals surface area contributed by atoms with E-state index in [0.717, 1.165) is 18.8 Å². The van der Waals surface area contributed by atoms with E-state index in [-0.39, 0.29) is 5.91 Å². The van der Waals surface area contributed by atoms with Gasteiger partial charge in [0.25, 0.3) is 0 Å². The lowest BCUT2D eigenvalue weighted by atomic mass is 9.67. The number of hydrogen-bond donors (Lipinski definition) is 1. The van der Waals surface area contributed by atoms with Crippen molar-refractivity contribution in [3.05, 3.63) is 0 Å². The van der Waals surface area contributed by atoms with Gasteiger partial charge >= 0.3 is 0 Å². The molecule has 0 bridgehead atoms. The molecule has 2 nitrogen and oxygen atoms in total. The van der Waals surface area contributed by atoms with Gasteiger partial charge in [-0.2, -0.15) is 0 Å². The molecule has 0 heterocycles. The molecule has 1 amide bonds. The van der Waals surface area contributed by atoms with Gasteiger partial charge in [-0.1, -0.05) is 20.8 Å². The zero-order valence-electron chi connectivity index (χ0n) is 9.89. The molecule has 0 aromatic carbocycles. The molecule has 0 saturated heterocycles. The topological polar surface area (TPSA) is 29.1 Å². The molecule has 82 valence electrons. The first-order chi connectivity index (χ1) is 6.44. The second-order valence-electron chi connectivity index (χ2n) is 5.28. The normalized spacial score (nSPS) is 33.1. The Morgan fingerprint density at radius 1 is 1.36 bits per heavy atom. The first-order valence-electron chi connectivity index (χ1n) is 5.71. The zero-order chi connectivity index (χ0) is 10.8. The number of nitrogens with one attached hydrogen (secondary N) is 1. The van der Waals surface area contributed by atoms with Crippen LogP contribution < -0.4 is 5.32 Å². The summed E-state index contributed by atoms with van der Waals surface area (Å²) in [7, 11) is 0. The van der Waals surface area contributed by atoms with Crippen molar-refractivity contribution in [2.75, 3.05) is 0 Å². The quantitative estimate of drug-likeness (QED) is 0.724. The SMILES string of the molecule is CC(=O)NC1CCC(C)(C(C)C)CC1. The highest BCUT2D eigenvalue weighted by molar-refractivity contribution is 5.73. The summed E-state index contributed by atoms with van der Waals surface area (Å²) in [5.74, 6) is 0.865. The molecule has 1 aliphatic rings. The third-order valence-electron chi connectivity index (χ3n) is 3.93. The molecule has 0 spiro atoms. The molecule has 1 rings (SSSR count). The van der Waals surface area contributed by atoms with E-state index in [4.69, 9.17) is 0 Å². The predicted octanol–water partition coefficient (Wildman–Crippen LogP) is 2.73. The molecule has 0 radical (unpaired) electrons. The molecule has 14 heavy (non-hydrogen) atoms. The van der Waals surface area contributed by atoms with Crippen molar-refractivity contribution < 1.29 is 4.79 Å². The van der Waals surface area contributed by atoms with Gasteiger partial charge in [0.15, 0.2) is 0 Å². The third-order valence-corrected chi connectivity index (χ3v) is 3.93. The van der Waals surface area contributed by atoms with Crippen LogP contribution in [0.1, 0.15) is 53.4 Å².